The Hall–Kier alpha value is -3.94. The fraction of sp³-hybridized carbons (Fsp3) is 0.217. The van der Waals surface area contributed by atoms with Gasteiger partial charge in [0.25, 0.3) is 11.6 Å². The van der Waals surface area contributed by atoms with E-state index in [4.69, 9.17) is 4.74 Å². The summed E-state index contributed by atoms with van der Waals surface area (Å²) >= 11 is 0. The molecule has 0 radical (unpaired) electrons. The van der Waals surface area contributed by atoms with Crippen molar-refractivity contribution in [2.45, 2.75) is 6.61 Å². The molecule has 8 nitrogen and oxygen atoms in total. The lowest BCUT2D eigenvalue weighted by Gasteiger charge is -2.35. The summed E-state index contributed by atoms with van der Waals surface area (Å²) in [6, 6.07) is 20.2. The third-order valence-electron chi connectivity index (χ3n) is 5.18. The number of nitrogens with zero attached hydrogens (tertiary/aromatic N) is 4. The topological polar surface area (TPSA) is 88.8 Å². The van der Waals surface area contributed by atoms with Gasteiger partial charge in [-0.15, -0.1) is 0 Å². The molecule has 3 aromatic rings. The first kappa shape index (κ1) is 20.3. The van der Waals surface area contributed by atoms with E-state index in [9.17, 15) is 14.9 Å². The van der Waals surface area contributed by atoms with Gasteiger partial charge in [0.2, 0.25) is 0 Å². The highest BCUT2D eigenvalue weighted by molar-refractivity contribution is 5.94. The standard InChI is InChI=1S/C23H22N4O4/c28-23(19-6-9-21(10-7-19)31-17-18-4-2-1-3-5-18)26-14-12-25(13-15-26)22-11-8-20(16-24-22)27(29)30/h1-11,16H,12-15,17H2. The molecule has 0 bridgehead atoms. The molecule has 1 aromatic heterocycles. The zero-order chi connectivity index (χ0) is 21.6. The molecule has 158 valence electrons. The van der Waals surface area contributed by atoms with Crippen molar-refractivity contribution in [3.05, 3.63) is 94.2 Å². The second kappa shape index (κ2) is 9.25. The predicted octanol–water partition coefficient (Wildman–Crippen LogP) is 3.53. The van der Waals surface area contributed by atoms with Crippen LogP contribution < -0.4 is 9.64 Å². The van der Waals surface area contributed by atoms with E-state index in [-0.39, 0.29) is 11.6 Å². The number of hydrogen-bond donors (Lipinski definition) is 0. The smallest absolute Gasteiger partial charge is 0.287 e. The van der Waals surface area contributed by atoms with Gasteiger partial charge in [-0.3, -0.25) is 14.9 Å². The van der Waals surface area contributed by atoms with Gasteiger partial charge in [-0.2, -0.15) is 0 Å². The number of hydrogen-bond acceptors (Lipinski definition) is 6. The summed E-state index contributed by atoms with van der Waals surface area (Å²) in [4.78, 5) is 31.1. The molecule has 1 aliphatic rings. The Bertz CT molecular complexity index is 1030. The number of piperazine rings is 1. The fourth-order valence-electron chi connectivity index (χ4n) is 3.43. The van der Waals surface area contributed by atoms with Crippen molar-refractivity contribution in [1.82, 2.24) is 9.88 Å². The molecule has 1 aliphatic heterocycles. The zero-order valence-corrected chi connectivity index (χ0v) is 16.9. The molecule has 2 heterocycles. The molecule has 1 amide bonds. The summed E-state index contributed by atoms with van der Waals surface area (Å²) in [5.41, 5.74) is 1.67. The normalized spacial score (nSPS) is 13.7. The van der Waals surface area contributed by atoms with Crippen LogP contribution in [0.3, 0.4) is 0 Å². The van der Waals surface area contributed by atoms with E-state index in [1.807, 2.05) is 52.3 Å². The lowest BCUT2D eigenvalue weighted by molar-refractivity contribution is -0.385. The Morgan fingerprint density at radius 1 is 0.968 bits per heavy atom. The van der Waals surface area contributed by atoms with Crippen molar-refractivity contribution < 1.29 is 14.5 Å². The number of pyridine rings is 1. The highest BCUT2D eigenvalue weighted by Crippen LogP contribution is 2.19. The molecule has 0 aliphatic carbocycles. The van der Waals surface area contributed by atoms with Crippen LogP contribution in [0.25, 0.3) is 0 Å². The van der Waals surface area contributed by atoms with Crippen molar-refractivity contribution >= 4 is 17.4 Å². The molecule has 0 atom stereocenters. The average molecular weight is 418 g/mol. The van der Waals surface area contributed by atoms with E-state index in [1.54, 1.807) is 18.2 Å². The van der Waals surface area contributed by atoms with Gasteiger partial charge in [0.1, 0.15) is 24.4 Å². The minimum atomic E-state index is -0.467. The Morgan fingerprint density at radius 3 is 2.29 bits per heavy atom. The summed E-state index contributed by atoms with van der Waals surface area (Å²) < 4.78 is 5.78. The van der Waals surface area contributed by atoms with Crippen molar-refractivity contribution in [3.63, 3.8) is 0 Å². The van der Waals surface area contributed by atoms with Gasteiger partial charge in [-0.05, 0) is 35.9 Å². The molecular formula is C23H22N4O4. The summed E-state index contributed by atoms with van der Waals surface area (Å²) in [5.74, 6) is 1.37. The maximum absolute atomic E-state index is 12.8. The molecule has 1 fully saturated rings. The van der Waals surface area contributed by atoms with E-state index in [1.165, 1.54) is 12.3 Å². The number of benzene rings is 2. The minimum Gasteiger partial charge on any atom is -0.489 e. The Labute approximate surface area is 179 Å². The van der Waals surface area contributed by atoms with Crippen LogP contribution >= 0.6 is 0 Å². The lowest BCUT2D eigenvalue weighted by atomic mass is 10.1. The van der Waals surface area contributed by atoms with Crippen LogP contribution in [-0.2, 0) is 6.61 Å². The number of ether oxygens (including phenoxy) is 1. The number of anilines is 1. The van der Waals surface area contributed by atoms with Crippen molar-refractivity contribution in [2.75, 3.05) is 31.1 Å². The second-order valence-electron chi connectivity index (χ2n) is 7.21. The van der Waals surface area contributed by atoms with E-state index in [0.29, 0.717) is 44.2 Å². The van der Waals surface area contributed by atoms with Crippen LogP contribution in [0.15, 0.2) is 72.9 Å². The first-order chi connectivity index (χ1) is 15.1. The zero-order valence-electron chi connectivity index (χ0n) is 16.9. The third-order valence-corrected chi connectivity index (χ3v) is 5.18. The molecule has 8 heteroatoms. The first-order valence-corrected chi connectivity index (χ1v) is 10.0. The van der Waals surface area contributed by atoms with E-state index in [0.717, 1.165) is 11.3 Å². The third kappa shape index (κ3) is 4.98. The van der Waals surface area contributed by atoms with E-state index >= 15 is 0 Å². The Morgan fingerprint density at radius 2 is 1.68 bits per heavy atom. The van der Waals surface area contributed by atoms with Gasteiger partial charge in [0, 0.05) is 37.8 Å². The summed E-state index contributed by atoms with van der Waals surface area (Å²) in [6.07, 6.45) is 1.26. The van der Waals surface area contributed by atoms with Crippen LogP contribution in [0.5, 0.6) is 5.75 Å². The maximum atomic E-state index is 12.8. The molecule has 0 saturated carbocycles. The minimum absolute atomic E-state index is 0.0223. The summed E-state index contributed by atoms with van der Waals surface area (Å²) in [5, 5.41) is 10.8. The Balaban J connectivity index is 1.30. The number of rotatable bonds is 6. The largest absolute Gasteiger partial charge is 0.489 e. The first-order valence-electron chi connectivity index (χ1n) is 10.0. The van der Waals surface area contributed by atoms with E-state index in [2.05, 4.69) is 4.98 Å². The fourth-order valence-corrected chi connectivity index (χ4v) is 3.43. The second-order valence-corrected chi connectivity index (χ2v) is 7.21. The number of carbonyl (C=O) groups excluding carboxylic acids is 1. The van der Waals surface area contributed by atoms with Gasteiger partial charge in [0.05, 0.1) is 4.92 Å². The van der Waals surface area contributed by atoms with Gasteiger partial charge in [-0.1, -0.05) is 30.3 Å². The maximum Gasteiger partial charge on any atom is 0.287 e. The van der Waals surface area contributed by atoms with Crippen molar-refractivity contribution in [2.24, 2.45) is 0 Å². The molecule has 2 aromatic carbocycles. The van der Waals surface area contributed by atoms with Crippen LogP contribution in [0, 0.1) is 10.1 Å². The van der Waals surface area contributed by atoms with Crippen LogP contribution in [0.4, 0.5) is 11.5 Å². The summed E-state index contributed by atoms with van der Waals surface area (Å²) in [6.45, 7) is 2.84. The number of aromatic nitrogens is 1. The molecule has 31 heavy (non-hydrogen) atoms. The van der Waals surface area contributed by atoms with Crippen LogP contribution in [0.2, 0.25) is 0 Å². The van der Waals surface area contributed by atoms with Gasteiger partial charge in [0.15, 0.2) is 0 Å². The van der Waals surface area contributed by atoms with Crippen LogP contribution in [-0.4, -0.2) is 46.9 Å². The number of carbonyl (C=O) groups is 1. The molecule has 1 saturated heterocycles. The molecule has 0 N–H and O–H groups in total. The van der Waals surface area contributed by atoms with Crippen LogP contribution in [0.1, 0.15) is 15.9 Å². The average Bonchev–Trinajstić information content (AvgIpc) is 2.83. The Kier molecular flexibility index (Phi) is 6.07. The highest BCUT2D eigenvalue weighted by atomic mass is 16.6. The van der Waals surface area contributed by atoms with Gasteiger partial charge in [-0.25, -0.2) is 4.98 Å². The van der Waals surface area contributed by atoms with Crippen molar-refractivity contribution in [3.8, 4) is 5.75 Å². The number of amides is 1. The monoisotopic (exact) mass is 418 g/mol. The quantitative estimate of drug-likeness (QED) is 0.449. The predicted molar refractivity (Wildman–Crippen MR) is 116 cm³/mol. The van der Waals surface area contributed by atoms with Gasteiger partial charge >= 0.3 is 0 Å². The molecule has 0 spiro atoms. The van der Waals surface area contributed by atoms with Crippen molar-refractivity contribution in [1.29, 1.82) is 0 Å². The lowest BCUT2D eigenvalue weighted by Crippen LogP contribution is -2.49. The summed E-state index contributed by atoms with van der Waals surface area (Å²) in [7, 11) is 0. The molecule has 4 rings (SSSR count). The van der Waals surface area contributed by atoms with E-state index < -0.39 is 4.92 Å². The number of nitro groups is 1. The molecular weight excluding hydrogens is 396 g/mol. The molecule has 0 unspecified atom stereocenters. The van der Waals surface area contributed by atoms with Gasteiger partial charge < -0.3 is 14.5 Å². The SMILES string of the molecule is O=C(c1ccc(OCc2ccccc2)cc1)N1CCN(c2ccc([N+](=O)[O-])cn2)CC1. The highest BCUT2D eigenvalue weighted by Gasteiger charge is 2.23.